The Balaban J connectivity index is 1.71. The average molecular weight is 310 g/mol. The second kappa shape index (κ2) is 6.60. The molecule has 3 rings (SSSR count). The lowest BCUT2D eigenvalue weighted by molar-refractivity contribution is 0.0690. The van der Waals surface area contributed by atoms with E-state index in [0.29, 0.717) is 11.5 Å². The first-order valence-corrected chi connectivity index (χ1v) is 7.67. The third-order valence-electron chi connectivity index (χ3n) is 4.05. The topological polar surface area (TPSA) is 79.3 Å². The summed E-state index contributed by atoms with van der Waals surface area (Å²) in [5, 5.41) is 12.0. The highest BCUT2D eigenvalue weighted by Gasteiger charge is 2.32. The molecule has 1 aromatic heterocycles. The van der Waals surface area contributed by atoms with Crippen molar-refractivity contribution in [3.05, 3.63) is 65.5 Å². The summed E-state index contributed by atoms with van der Waals surface area (Å²) in [4.78, 5) is 27.1. The molecule has 2 aromatic rings. The van der Waals surface area contributed by atoms with E-state index in [9.17, 15) is 9.59 Å². The molecule has 1 fully saturated rings. The van der Waals surface area contributed by atoms with Crippen molar-refractivity contribution in [3.8, 4) is 0 Å². The highest BCUT2D eigenvalue weighted by molar-refractivity contribution is 5.96. The molecule has 2 N–H and O–H groups in total. The van der Waals surface area contributed by atoms with Crippen LogP contribution in [0.15, 0.2) is 48.7 Å². The number of amides is 1. The second-order valence-electron chi connectivity index (χ2n) is 5.84. The lowest BCUT2D eigenvalue weighted by Crippen LogP contribution is -2.38. The Morgan fingerprint density at radius 3 is 2.61 bits per heavy atom. The van der Waals surface area contributed by atoms with Gasteiger partial charge in [0.1, 0.15) is 5.69 Å². The van der Waals surface area contributed by atoms with E-state index in [1.165, 1.54) is 23.9 Å². The Labute approximate surface area is 134 Å². The minimum absolute atomic E-state index is 0.0753. The number of aromatic nitrogens is 1. The normalized spacial score (nSPS) is 15.0. The van der Waals surface area contributed by atoms with Gasteiger partial charge in [-0.2, -0.15) is 0 Å². The van der Waals surface area contributed by atoms with Gasteiger partial charge in [-0.1, -0.05) is 30.3 Å². The summed E-state index contributed by atoms with van der Waals surface area (Å²) in [6.07, 6.45) is 4.37. The van der Waals surface area contributed by atoms with E-state index >= 15 is 0 Å². The zero-order chi connectivity index (χ0) is 16.2. The second-order valence-corrected chi connectivity index (χ2v) is 5.84. The van der Waals surface area contributed by atoms with Gasteiger partial charge in [-0.15, -0.1) is 0 Å². The predicted molar refractivity (Wildman–Crippen MR) is 85.3 cm³/mol. The minimum atomic E-state index is -1.14. The lowest BCUT2D eigenvalue weighted by Gasteiger charge is -2.18. The van der Waals surface area contributed by atoms with Crippen molar-refractivity contribution < 1.29 is 14.7 Å². The van der Waals surface area contributed by atoms with Crippen LogP contribution in [-0.4, -0.2) is 28.0 Å². The maximum absolute atomic E-state index is 12.4. The molecule has 1 aliphatic carbocycles. The molecule has 0 saturated heterocycles. The monoisotopic (exact) mass is 310 g/mol. The Morgan fingerprint density at radius 1 is 1.22 bits per heavy atom. The van der Waals surface area contributed by atoms with Crippen LogP contribution in [-0.2, 0) is 6.42 Å². The van der Waals surface area contributed by atoms with Crippen LogP contribution in [0.3, 0.4) is 0 Å². The largest absolute Gasteiger partial charge is 0.477 e. The molecule has 1 aromatic carbocycles. The van der Waals surface area contributed by atoms with Gasteiger partial charge in [0.15, 0.2) is 0 Å². The highest BCUT2D eigenvalue weighted by Crippen LogP contribution is 2.34. The van der Waals surface area contributed by atoms with E-state index in [2.05, 4.69) is 22.4 Å². The first-order valence-electron chi connectivity index (χ1n) is 7.67. The van der Waals surface area contributed by atoms with Crippen molar-refractivity contribution in [2.75, 3.05) is 0 Å². The third-order valence-corrected chi connectivity index (χ3v) is 4.05. The molecule has 1 atom stereocenters. The van der Waals surface area contributed by atoms with Crippen molar-refractivity contribution in [2.24, 2.45) is 5.92 Å². The Kier molecular flexibility index (Phi) is 4.37. The summed E-state index contributed by atoms with van der Waals surface area (Å²) in [5.74, 6) is -0.884. The van der Waals surface area contributed by atoms with Gasteiger partial charge < -0.3 is 10.4 Å². The molecule has 23 heavy (non-hydrogen) atoms. The van der Waals surface area contributed by atoms with Gasteiger partial charge in [0.05, 0.1) is 0 Å². The number of hydrogen-bond donors (Lipinski definition) is 2. The summed E-state index contributed by atoms with van der Waals surface area (Å²) >= 11 is 0. The molecule has 118 valence electrons. The highest BCUT2D eigenvalue weighted by atomic mass is 16.4. The quantitative estimate of drug-likeness (QED) is 0.859. The number of carbonyl (C=O) groups excluding carboxylic acids is 1. The Morgan fingerprint density at radius 2 is 1.96 bits per heavy atom. The summed E-state index contributed by atoms with van der Waals surface area (Å²) in [7, 11) is 0. The number of nitrogens with zero attached hydrogens (tertiary/aromatic N) is 1. The maximum Gasteiger partial charge on any atom is 0.354 e. The third kappa shape index (κ3) is 3.94. The molecule has 1 saturated carbocycles. The van der Waals surface area contributed by atoms with E-state index in [4.69, 9.17) is 5.11 Å². The summed E-state index contributed by atoms with van der Waals surface area (Å²) in [6, 6.07) is 13.0. The van der Waals surface area contributed by atoms with Crippen molar-refractivity contribution in [2.45, 2.75) is 25.3 Å². The van der Waals surface area contributed by atoms with Gasteiger partial charge >= 0.3 is 5.97 Å². The predicted octanol–water partition coefficient (Wildman–Crippen LogP) is 2.53. The van der Waals surface area contributed by atoms with Crippen LogP contribution in [0, 0.1) is 5.92 Å². The molecule has 5 nitrogen and oxygen atoms in total. The summed E-state index contributed by atoms with van der Waals surface area (Å²) in [5.41, 5.74) is 1.39. The number of carboxylic acids is 1. The number of carbonyl (C=O) groups is 2. The van der Waals surface area contributed by atoms with Gasteiger partial charge in [0, 0.05) is 17.8 Å². The van der Waals surface area contributed by atoms with Gasteiger partial charge in [0.25, 0.3) is 5.91 Å². The average Bonchev–Trinajstić information content (AvgIpc) is 3.40. The number of carboxylic acid groups (broad SMARTS) is 1. The SMILES string of the molecule is O=C(NC(Cc1ccccc1)C1CC1)c1ccnc(C(=O)O)c1. The van der Waals surface area contributed by atoms with Gasteiger partial charge in [-0.3, -0.25) is 4.79 Å². The zero-order valence-corrected chi connectivity index (χ0v) is 12.6. The van der Waals surface area contributed by atoms with E-state index in [0.717, 1.165) is 19.3 Å². The van der Waals surface area contributed by atoms with E-state index in [-0.39, 0.29) is 17.6 Å². The summed E-state index contributed by atoms with van der Waals surface area (Å²) < 4.78 is 0. The Hall–Kier alpha value is -2.69. The molecule has 0 radical (unpaired) electrons. The van der Waals surface area contributed by atoms with E-state index in [1.807, 2.05) is 18.2 Å². The van der Waals surface area contributed by atoms with E-state index < -0.39 is 5.97 Å². The van der Waals surface area contributed by atoms with Crippen molar-refractivity contribution in [1.29, 1.82) is 0 Å². The van der Waals surface area contributed by atoms with Crippen LogP contribution < -0.4 is 5.32 Å². The first-order chi connectivity index (χ1) is 11.1. The number of nitrogens with one attached hydrogen (secondary N) is 1. The fourth-order valence-electron chi connectivity index (χ4n) is 2.64. The van der Waals surface area contributed by atoms with Crippen LogP contribution in [0.5, 0.6) is 0 Å². The maximum atomic E-state index is 12.4. The fraction of sp³-hybridized carbons (Fsp3) is 0.278. The van der Waals surface area contributed by atoms with Gasteiger partial charge in [-0.05, 0) is 42.9 Å². The first kappa shape index (κ1) is 15.2. The molecule has 5 heteroatoms. The fourth-order valence-corrected chi connectivity index (χ4v) is 2.64. The summed E-state index contributed by atoms with van der Waals surface area (Å²) in [6.45, 7) is 0. The van der Waals surface area contributed by atoms with Crippen LogP contribution in [0.1, 0.15) is 39.3 Å². The van der Waals surface area contributed by atoms with Crippen molar-refractivity contribution in [3.63, 3.8) is 0 Å². The van der Waals surface area contributed by atoms with Crippen LogP contribution >= 0.6 is 0 Å². The van der Waals surface area contributed by atoms with Crippen molar-refractivity contribution in [1.82, 2.24) is 10.3 Å². The van der Waals surface area contributed by atoms with Crippen LogP contribution in [0.4, 0.5) is 0 Å². The molecule has 1 unspecified atom stereocenters. The smallest absolute Gasteiger partial charge is 0.354 e. The van der Waals surface area contributed by atoms with Gasteiger partial charge in [-0.25, -0.2) is 9.78 Å². The molecular weight excluding hydrogens is 292 g/mol. The molecule has 1 amide bonds. The standard InChI is InChI=1S/C18H18N2O3/c21-17(14-8-9-19-16(11-14)18(22)23)20-15(13-6-7-13)10-12-4-2-1-3-5-12/h1-5,8-9,11,13,15H,6-7,10H2,(H,20,21)(H,22,23). The molecule has 0 spiro atoms. The number of hydrogen-bond acceptors (Lipinski definition) is 3. The number of rotatable bonds is 6. The molecule has 0 bridgehead atoms. The molecular formula is C18H18N2O3. The van der Waals surface area contributed by atoms with Crippen LogP contribution in [0.25, 0.3) is 0 Å². The number of aromatic carboxylic acids is 1. The van der Waals surface area contributed by atoms with Gasteiger partial charge in [0.2, 0.25) is 0 Å². The minimum Gasteiger partial charge on any atom is -0.477 e. The van der Waals surface area contributed by atoms with Crippen LogP contribution in [0.2, 0.25) is 0 Å². The number of benzene rings is 1. The van der Waals surface area contributed by atoms with E-state index in [1.54, 1.807) is 0 Å². The lowest BCUT2D eigenvalue weighted by atomic mass is 10.0. The van der Waals surface area contributed by atoms with Crippen molar-refractivity contribution >= 4 is 11.9 Å². The molecule has 1 aliphatic rings. The molecule has 1 heterocycles. The Bertz CT molecular complexity index is 711. The number of pyridine rings is 1. The zero-order valence-electron chi connectivity index (χ0n) is 12.6. The molecule has 0 aliphatic heterocycles.